The van der Waals surface area contributed by atoms with E-state index >= 15 is 0 Å². The van der Waals surface area contributed by atoms with Crippen LogP contribution < -0.4 is 5.43 Å². The third kappa shape index (κ3) is 2.59. The van der Waals surface area contributed by atoms with Crippen LogP contribution in [-0.2, 0) is 11.2 Å². The van der Waals surface area contributed by atoms with Crippen LogP contribution in [0.3, 0.4) is 0 Å². The lowest BCUT2D eigenvalue weighted by Crippen LogP contribution is -2.20. The SMILES string of the molecule is CC(C)=NNC(=O)Cc1c(C)[nH]c2ccccc12. The number of para-hydroxylation sites is 1. The third-order valence-corrected chi connectivity index (χ3v) is 2.77. The Labute approximate surface area is 106 Å². The van der Waals surface area contributed by atoms with Gasteiger partial charge in [0.25, 0.3) is 0 Å². The minimum absolute atomic E-state index is 0.0935. The molecule has 18 heavy (non-hydrogen) atoms. The number of rotatable bonds is 3. The average molecular weight is 243 g/mol. The number of hydrogen-bond acceptors (Lipinski definition) is 2. The zero-order chi connectivity index (χ0) is 13.1. The van der Waals surface area contributed by atoms with Gasteiger partial charge in [-0.1, -0.05) is 18.2 Å². The minimum Gasteiger partial charge on any atom is -0.358 e. The lowest BCUT2D eigenvalue weighted by Gasteiger charge is -2.01. The molecule has 0 aliphatic rings. The fraction of sp³-hybridized carbons (Fsp3) is 0.286. The molecule has 1 aromatic heterocycles. The first-order valence-electron chi connectivity index (χ1n) is 5.94. The summed E-state index contributed by atoms with van der Waals surface area (Å²) in [5.74, 6) is -0.0935. The molecular weight excluding hydrogens is 226 g/mol. The molecule has 94 valence electrons. The van der Waals surface area contributed by atoms with Crippen molar-refractivity contribution in [3.63, 3.8) is 0 Å². The number of aromatic nitrogens is 1. The Hall–Kier alpha value is -2.10. The number of H-pyrrole nitrogens is 1. The molecule has 0 fully saturated rings. The van der Waals surface area contributed by atoms with Crippen molar-refractivity contribution in [1.82, 2.24) is 10.4 Å². The Balaban J connectivity index is 2.24. The number of amides is 1. The highest BCUT2D eigenvalue weighted by Gasteiger charge is 2.11. The van der Waals surface area contributed by atoms with E-state index in [0.717, 1.165) is 27.9 Å². The molecule has 2 N–H and O–H groups in total. The molecule has 0 bridgehead atoms. The second-order valence-corrected chi connectivity index (χ2v) is 4.54. The van der Waals surface area contributed by atoms with Crippen molar-refractivity contribution in [2.24, 2.45) is 5.10 Å². The highest BCUT2D eigenvalue weighted by molar-refractivity contribution is 5.90. The van der Waals surface area contributed by atoms with Gasteiger partial charge in [-0.2, -0.15) is 5.10 Å². The van der Waals surface area contributed by atoms with E-state index in [1.165, 1.54) is 0 Å². The van der Waals surface area contributed by atoms with Gasteiger partial charge in [-0.25, -0.2) is 5.43 Å². The van der Waals surface area contributed by atoms with E-state index in [1.807, 2.05) is 45.0 Å². The predicted molar refractivity (Wildman–Crippen MR) is 73.7 cm³/mol. The summed E-state index contributed by atoms with van der Waals surface area (Å²) in [5, 5.41) is 5.02. The van der Waals surface area contributed by atoms with Crippen LogP contribution in [0.2, 0.25) is 0 Å². The molecule has 0 unspecified atom stereocenters. The van der Waals surface area contributed by atoms with Crippen molar-refractivity contribution in [2.45, 2.75) is 27.2 Å². The molecule has 0 radical (unpaired) electrons. The van der Waals surface area contributed by atoms with Gasteiger partial charge in [0, 0.05) is 22.3 Å². The zero-order valence-corrected chi connectivity index (χ0v) is 10.9. The summed E-state index contributed by atoms with van der Waals surface area (Å²) in [7, 11) is 0. The standard InChI is InChI=1S/C14H17N3O/c1-9(2)16-17-14(18)8-12-10(3)15-13-7-5-4-6-11(12)13/h4-7,15H,8H2,1-3H3,(H,17,18). The van der Waals surface area contributed by atoms with Gasteiger partial charge in [0.2, 0.25) is 5.91 Å². The van der Waals surface area contributed by atoms with Gasteiger partial charge in [0.15, 0.2) is 0 Å². The number of hydrogen-bond donors (Lipinski definition) is 2. The normalized spacial score (nSPS) is 10.4. The molecule has 0 saturated carbocycles. The summed E-state index contributed by atoms with van der Waals surface area (Å²) < 4.78 is 0. The molecule has 1 aromatic carbocycles. The highest BCUT2D eigenvalue weighted by Crippen LogP contribution is 2.22. The lowest BCUT2D eigenvalue weighted by atomic mass is 10.1. The largest absolute Gasteiger partial charge is 0.358 e. The number of carbonyl (C=O) groups excluding carboxylic acids is 1. The van der Waals surface area contributed by atoms with Crippen molar-refractivity contribution in [1.29, 1.82) is 0 Å². The van der Waals surface area contributed by atoms with Crippen LogP contribution in [0, 0.1) is 6.92 Å². The number of nitrogens with one attached hydrogen (secondary N) is 2. The van der Waals surface area contributed by atoms with E-state index < -0.39 is 0 Å². The van der Waals surface area contributed by atoms with Crippen LogP contribution in [0.1, 0.15) is 25.1 Å². The molecule has 0 atom stereocenters. The second-order valence-electron chi connectivity index (χ2n) is 4.54. The van der Waals surface area contributed by atoms with Crippen LogP contribution in [0.25, 0.3) is 10.9 Å². The second kappa shape index (κ2) is 5.04. The Morgan fingerprint density at radius 3 is 2.78 bits per heavy atom. The molecule has 0 spiro atoms. The zero-order valence-electron chi connectivity index (χ0n) is 10.9. The van der Waals surface area contributed by atoms with E-state index in [0.29, 0.717) is 6.42 Å². The molecule has 2 aromatic rings. The van der Waals surface area contributed by atoms with Crippen LogP contribution in [0.15, 0.2) is 29.4 Å². The molecule has 4 nitrogen and oxygen atoms in total. The molecule has 1 amide bonds. The van der Waals surface area contributed by atoms with E-state index in [4.69, 9.17) is 0 Å². The van der Waals surface area contributed by atoms with Gasteiger partial charge in [-0.3, -0.25) is 4.79 Å². The number of benzene rings is 1. The molecule has 2 rings (SSSR count). The molecule has 0 aliphatic heterocycles. The number of carbonyl (C=O) groups is 1. The van der Waals surface area contributed by atoms with Gasteiger partial charge in [0.05, 0.1) is 6.42 Å². The summed E-state index contributed by atoms with van der Waals surface area (Å²) in [6.45, 7) is 5.67. The van der Waals surface area contributed by atoms with Gasteiger partial charge in [-0.15, -0.1) is 0 Å². The van der Waals surface area contributed by atoms with Gasteiger partial charge >= 0.3 is 0 Å². The summed E-state index contributed by atoms with van der Waals surface area (Å²) in [6.07, 6.45) is 0.340. The number of nitrogens with zero attached hydrogens (tertiary/aromatic N) is 1. The highest BCUT2D eigenvalue weighted by atomic mass is 16.2. The first-order valence-corrected chi connectivity index (χ1v) is 5.94. The minimum atomic E-state index is -0.0935. The molecular formula is C14H17N3O. The van der Waals surface area contributed by atoms with Crippen molar-refractivity contribution in [3.8, 4) is 0 Å². The van der Waals surface area contributed by atoms with E-state index in [2.05, 4.69) is 15.5 Å². The van der Waals surface area contributed by atoms with E-state index in [1.54, 1.807) is 0 Å². The first kappa shape index (κ1) is 12.4. The third-order valence-electron chi connectivity index (χ3n) is 2.77. The fourth-order valence-electron chi connectivity index (χ4n) is 1.94. The lowest BCUT2D eigenvalue weighted by molar-refractivity contribution is -0.120. The fourth-order valence-corrected chi connectivity index (χ4v) is 1.94. The van der Waals surface area contributed by atoms with Crippen LogP contribution in [-0.4, -0.2) is 16.6 Å². The van der Waals surface area contributed by atoms with Crippen molar-refractivity contribution in [3.05, 3.63) is 35.5 Å². The topological polar surface area (TPSA) is 57.2 Å². The summed E-state index contributed by atoms with van der Waals surface area (Å²) in [6, 6.07) is 7.99. The number of aryl methyl sites for hydroxylation is 1. The maximum absolute atomic E-state index is 11.8. The Kier molecular flexibility index (Phi) is 3.46. The van der Waals surface area contributed by atoms with E-state index in [-0.39, 0.29) is 5.91 Å². The predicted octanol–water partition coefficient (Wildman–Crippen LogP) is 2.53. The number of fused-ring (bicyclic) bond motifs is 1. The summed E-state index contributed by atoms with van der Waals surface area (Å²) >= 11 is 0. The smallest absolute Gasteiger partial charge is 0.244 e. The van der Waals surface area contributed by atoms with Crippen LogP contribution >= 0.6 is 0 Å². The van der Waals surface area contributed by atoms with Crippen molar-refractivity contribution < 1.29 is 4.79 Å². The van der Waals surface area contributed by atoms with Crippen LogP contribution in [0.4, 0.5) is 0 Å². The Bertz CT molecular complexity index is 607. The van der Waals surface area contributed by atoms with Crippen molar-refractivity contribution in [2.75, 3.05) is 0 Å². The van der Waals surface area contributed by atoms with E-state index in [9.17, 15) is 4.79 Å². The molecule has 4 heteroatoms. The maximum Gasteiger partial charge on any atom is 0.244 e. The van der Waals surface area contributed by atoms with Crippen molar-refractivity contribution >= 4 is 22.5 Å². The Morgan fingerprint density at radius 2 is 2.06 bits per heavy atom. The number of hydrazone groups is 1. The summed E-state index contributed by atoms with van der Waals surface area (Å²) in [4.78, 5) is 15.1. The maximum atomic E-state index is 11.8. The van der Waals surface area contributed by atoms with Gasteiger partial charge < -0.3 is 4.98 Å². The Morgan fingerprint density at radius 1 is 1.33 bits per heavy atom. The monoisotopic (exact) mass is 243 g/mol. The van der Waals surface area contributed by atoms with Gasteiger partial charge in [-0.05, 0) is 32.4 Å². The van der Waals surface area contributed by atoms with Crippen LogP contribution in [0.5, 0.6) is 0 Å². The average Bonchev–Trinajstić information content (AvgIpc) is 2.64. The summed E-state index contributed by atoms with van der Waals surface area (Å²) in [5.41, 5.74) is 6.51. The molecule has 0 aliphatic carbocycles. The first-order chi connectivity index (χ1) is 8.58. The van der Waals surface area contributed by atoms with Gasteiger partial charge in [0.1, 0.15) is 0 Å². The quantitative estimate of drug-likeness (QED) is 0.631. The molecule has 1 heterocycles. The number of aromatic amines is 1. The molecule has 0 saturated heterocycles.